The van der Waals surface area contributed by atoms with Crippen LogP contribution in [-0.4, -0.2) is 71.0 Å². The van der Waals surface area contributed by atoms with Crippen LogP contribution in [0.2, 0.25) is 0 Å². The maximum atomic E-state index is 5.41. The lowest BCUT2D eigenvalue weighted by Crippen LogP contribution is -3.00. The Hall–Kier alpha value is 0.01000. The molecule has 108 valence electrons. The first-order chi connectivity index (χ1) is 8.18. The molecule has 0 aliphatic carbocycles. The maximum Gasteiger partial charge on any atom is 0.206 e. The normalized spacial score (nSPS) is 35.8. The lowest BCUT2D eigenvalue weighted by Gasteiger charge is -2.48. The molecule has 7 nitrogen and oxygen atoms in total. The summed E-state index contributed by atoms with van der Waals surface area (Å²) in [6, 6.07) is 0. The van der Waals surface area contributed by atoms with Crippen molar-refractivity contribution < 1.29 is 31.1 Å². The summed E-state index contributed by atoms with van der Waals surface area (Å²) in [5.74, 6) is 0. The molecule has 2 heterocycles. The Morgan fingerprint density at radius 1 is 1.00 bits per heavy atom. The molecule has 3 N–H and O–H groups in total. The first-order valence-electron chi connectivity index (χ1n) is 5.94. The molecule has 18 heavy (non-hydrogen) atoms. The van der Waals surface area contributed by atoms with Crippen molar-refractivity contribution in [3.63, 3.8) is 0 Å². The molecule has 0 spiro atoms. The molecule has 0 aromatic rings. The van der Waals surface area contributed by atoms with Crippen LogP contribution in [0.5, 0.6) is 0 Å². The average Bonchev–Trinajstić information content (AvgIpc) is 2.39. The van der Waals surface area contributed by atoms with Gasteiger partial charge in [-0.1, -0.05) is 0 Å². The molecule has 0 aromatic heterocycles. The van der Waals surface area contributed by atoms with Gasteiger partial charge in [-0.15, -0.1) is 0 Å². The Morgan fingerprint density at radius 2 is 1.50 bits per heavy atom. The molecule has 2 saturated heterocycles. The fourth-order valence-corrected chi connectivity index (χ4v) is 2.22. The number of hydrogen-bond donors (Lipinski definition) is 3. The quantitative estimate of drug-likeness (QED) is 0.453. The second-order valence-electron chi connectivity index (χ2n) is 4.67. The number of rotatable bonds is 3. The predicted molar refractivity (Wildman–Crippen MR) is 61.5 cm³/mol. The first kappa shape index (κ1) is 16.1. The Labute approximate surface area is 114 Å². The molecule has 0 amide bonds. The van der Waals surface area contributed by atoms with Crippen LogP contribution in [0.15, 0.2) is 0 Å². The van der Waals surface area contributed by atoms with Crippen LogP contribution in [-0.2, 0) is 14.2 Å². The van der Waals surface area contributed by atoms with Gasteiger partial charge >= 0.3 is 0 Å². The topological polar surface area (TPSA) is 63.8 Å². The Bertz CT molecular complexity index is 241. The highest BCUT2D eigenvalue weighted by molar-refractivity contribution is 4.70. The number of quaternary nitrogens is 1. The van der Waals surface area contributed by atoms with Gasteiger partial charge in [-0.05, 0) is 0 Å². The molecule has 0 aromatic carbocycles. The minimum Gasteiger partial charge on any atom is -1.00 e. The van der Waals surface area contributed by atoms with E-state index in [0.717, 1.165) is 30.8 Å². The number of nitrogens with zero attached hydrogens (tertiary/aromatic N) is 1. The van der Waals surface area contributed by atoms with E-state index in [1.54, 1.807) is 14.2 Å². The van der Waals surface area contributed by atoms with Gasteiger partial charge in [-0.25, -0.2) is 16.0 Å². The summed E-state index contributed by atoms with van der Waals surface area (Å²) in [7, 11) is 5.54. The van der Waals surface area contributed by atoms with Crippen LogP contribution in [0.4, 0.5) is 0 Å². The fourth-order valence-electron chi connectivity index (χ4n) is 2.22. The lowest BCUT2D eigenvalue weighted by atomic mass is 10.3. The molecule has 2 unspecified atom stereocenters. The maximum absolute atomic E-state index is 5.41. The SMILES string of the molecule is COC1NC(OC)NC([N+]2(C)CCOCC2)N1.[Cl-]. The summed E-state index contributed by atoms with van der Waals surface area (Å²) in [6.07, 6.45) is -0.317. The predicted octanol–water partition coefficient (Wildman–Crippen LogP) is -4.61. The molecular formula is C10H23ClN4O3. The van der Waals surface area contributed by atoms with Crippen LogP contribution in [0.25, 0.3) is 0 Å². The van der Waals surface area contributed by atoms with Gasteiger partial charge in [0.2, 0.25) is 6.29 Å². The van der Waals surface area contributed by atoms with Gasteiger partial charge in [0.05, 0.1) is 20.3 Å². The summed E-state index contributed by atoms with van der Waals surface area (Å²) in [5, 5.41) is 9.87. The van der Waals surface area contributed by atoms with E-state index < -0.39 is 0 Å². The van der Waals surface area contributed by atoms with E-state index in [9.17, 15) is 0 Å². The molecule has 2 aliphatic heterocycles. The fraction of sp³-hybridized carbons (Fsp3) is 1.00. The molecule has 0 bridgehead atoms. The van der Waals surface area contributed by atoms with Gasteiger partial charge in [0, 0.05) is 14.2 Å². The van der Waals surface area contributed by atoms with Gasteiger partial charge in [-0.2, -0.15) is 0 Å². The summed E-state index contributed by atoms with van der Waals surface area (Å²) in [5.41, 5.74) is 0. The van der Waals surface area contributed by atoms with Gasteiger partial charge in [0.15, 0.2) is 12.7 Å². The minimum absolute atomic E-state index is 0. The largest absolute Gasteiger partial charge is 1.00 e. The third kappa shape index (κ3) is 3.52. The van der Waals surface area contributed by atoms with E-state index in [0.29, 0.717) is 0 Å². The monoisotopic (exact) mass is 282 g/mol. The lowest BCUT2D eigenvalue weighted by molar-refractivity contribution is -0.948. The summed E-state index contributed by atoms with van der Waals surface area (Å²) in [6.45, 7) is 3.52. The highest BCUT2D eigenvalue weighted by Crippen LogP contribution is 2.13. The van der Waals surface area contributed by atoms with Crippen molar-refractivity contribution in [3.8, 4) is 0 Å². The van der Waals surface area contributed by atoms with Crippen molar-refractivity contribution in [1.82, 2.24) is 16.0 Å². The molecule has 2 atom stereocenters. The molecule has 0 radical (unpaired) electrons. The van der Waals surface area contributed by atoms with Crippen molar-refractivity contribution in [3.05, 3.63) is 0 Å². The first-order valence-corrected chi connectivity index (χ1v) is 5.94. The second kappa shape index (κ2) is 6.97. The van der Waals surface area contributed by atoms with E-state index in [1.165, 1.54) is 0 Å². The van der Waals surface area contributed by atoms with Crippen LogP contribution in [0.3, 0.4) is 0 Å². The third-order valence-electron chi connectivity index (χ3n) is 3.51. The summed E-state index contributed by atoms with van der Waals surface area (Å²) in [4.78, 5) is 0. The van der Waals surface area contributed by atoms with E-state index in [2.05, 4.69) is 23.0 Å². The molecular weight excluding hydrogens is 260 g/mol. The van der Waals surface area contributed by atoms with Crippen LogP contribution in [0.1, 0.15) is 0 Å². The number of ether oxygens (including phenoxy) is 3. The number of halogens is 1. The number of nitrogens with one attached hydrogen (secondary N) is 3. The molecule has 2 rings (SSSR count). The van der Waals surface area contributed by atoms with E-state index >= 15 is 0 Å². The third-order valence-corrected chi connectivity index (χ3v) is 3.51. The van der Waals surface area contributed by atoms with E-state index in [4.69, 9.17) is 14.2 Å². The minimum atomic E-state index is -0.205. The van der Waals surface area contributed by atoms with Gasteiger partial charge in [0.1, 0.15) is 13.1 Å². The Balaban J connectivity index is 0.00000162. The zero-order valence-electron chi connectivity index (χ0n) is 11.1. The van der Waals surface area contributed by atoms with Crippen molar-refractivity contribution >= 4 is 0 Å². The Morgan fingerprint density at radius 3 is 1.94 bits per heavy atom. The van der Waals surface area contributed by atoms with Crippen molar-refractivity contribution in [2.75, 3.05) is 47.6 Å². The van der Waals surface area contributed by atoms with Crippen LogP contribution >= 0.6 is 0 Å². The molecule has 0 saturated carbocycles. The van der Waals surface area contributed by atoms with Gasteiger partial charge < -0.3 is 26.6 Å². The van der Waals surface area contributed by atoms with Crippen LogP contribution < -0.4 is 28.4 Å². The highest BCUT2D eigenvalue weighted by atomic mass is 35.5. The summed E-state index contributed by atoms with van der Waals surface area (Å²) >= 11 is 0. The van der Waals surface area contributed by atoms with Crippen molar-refractivity contribution in [2.24, 2.45) is 0 Å². The smallest absolute Gasteiger partial charge is 0.206 e. The van der Waals surface area contributed by atoms with Crippen molar-refractivity contribution in [2.45, 2.75) is 19.0 Å². The highest BCUT2D eigenvalue weighted by Gasteiger charge is 2.40. The number of morpholine rings is 1. The number of hydrogen-bond acceptors (Lipinski definition) is 6. The second-order valence-corrected chi connectivity index (χ2v) is 4.67. The number of likely N-dealkylation sites (N-methyl/N-ethyl adjacent to an activating group) is 1. The van der Waals surface area contributed by atoms with Crippen LogP contribution in [0, 0.1) is 0 Å². The zero-order valence-corrected chi connectivity index (χ0v) is 11.9. The zero-order chi connectivity index (χ0) is 12.3. The average molecular weight is 283 g/mol. The van der Waals surface area contributed by atoms with E-state index in [1.807, 2.05) is 0 Å². The molecule has 8 heteroatoms. The van der Waals surface area contributed by atoms with E-state index in [-0.39, 0.29) is 31.4 Å². The summed E-state index contributed by atoms with van der Waals surface area (Å²) < 4.78 is 16.9. The van der Waals surface area contributed by atoms with Crippen molar-refractivity contribution in [1.29, 1.82) is 0 Å². The molecule has 2 aliphatic rings. The van der Waals surface area contributed by atoms with Gasteiger partial charge in [0.25, 0.3) is 0 Å². The molecule has 2 fully saturated rings. The standard InChI is InChI=1S/C10H23N4O3.ClH/c1-14(4-6-17-7-5-14)8-11-9(15-2)13-10(12-8)16-3;/h8-13H,4-7H2,1-3H3;1H/q+1;/p-1. The van der Waals surface area contributed by atoms with Gasteiger partial charge in [-0.3, -0.25) is 4.48 Å². The number of methoxy groups -OCH3 is 2. The Kier molecular flexibility index (Phi) is 6.22.